The highest BCUT2D eigenvalue weighted by atomic mass is 28.4. The van der Waals surface area contributed by atoms with Crippen LogP contribution in [0.15, 0.2) is 72.8 Å². The van der Waals surface area contributed by atoms with Gasteiger partial charge in [0, 0.05) is 6.10 Å². The topological polar surface area (TPSA) is 55.8 Å². The minimum atomic E-state index is -2.59. The van der Waals surface area contributed by atoms with Crippen molar-refractivity contribution in [1.29, 1.82) is 0 Å². The summed E-state index contributed by atoms with van der Waals surface area (Å²) in [6.45, 7) is 12.5. The van der Waals surface area contributed by atoms with Crippen molar-refractivity contribution < 1.29 is 19.1 Å². The number of ether oxygens (including phenoxy) is 1. The minimum Gasteiger partial charge on any atom is -0.466 e. The summed E-state index contributed by atoms with van der Waals surface area (Å²) in [4.78, 5) is 11.6. The molecule has 0 spiro atoms. The van der Waals surface area contributed by atoms with Gasteiger partial charge in [0.15, 0.2) is 0 Å². The van der Waals surface area contributed by atoms with Gasteiger partial charge in [-0.3, -0.25) is 0 Å². The molecular formula is C26H36O4Si. The molecule has 0 heterocycles. The van der Waals surface area contributed by atoms with Crippen molar-refractivity contribution in [3.8, 4) is 0 Å². The van der Waals surface area contributed by atoms with Gasteiger partial charge in [0.25, 0.3) is 8.32 Å². The molecular weight excluding hydrogens is 404 g/mol. The molecule has 1 N–H and O–H groups in total. The molecule has 5 heteroatoms. The second kappa shape index (κ2) is 10.9. The van der Waals surface area contributed by atoms with Crippen molar-refractivity contribution in [3.05, 3.63) is 72.8 Å². The summed E-state index contributed by atoms with van der Waals surface area (Å²) < 4.78 is 11.7. The van der Waals surface area contributed by atoms with Crippen LogP contribution in [0.4, 0.5) is 0 Å². The summed E-state index contributed by atoms with van der Waals surface area (Å²) in [5.41, 5.74) is 0.100. The predicted molar refractivity (Wildman–Crippen MR) is 129 cm³/mol. The van der Waals surface area contributed by atoms with Crippen LogP contribution < -0.4 is 10.4 Å². The molecule has 0 bridgehead atoms. The summed E-state index contributed by atoms with van der Waals surface area (Å²) in [6.07, 6.45) is 1.03. The fourth-order valence-corrected chi connectivity index (χ4v) is 8.83. The maximum absolute atomic E-state index is 11.6. The number of hydrogen-bond acceptors (Lipinski definition) is 4. The molecule has 0 aliphatic carbocycles. The number of carbonyl (C=O) groups is 1. The first kappa shape index (κ1) is 25.1. The zero-order valence-corrected chi connectivity index (χ0v) is 20.4. The quantitative estimate of drug-likeness (QED) is 0.342. The molecule has 0 aliphatic rings. The van der Waals surface area contributed by atoms with Crippen molar-refractivity contribution in [1.82, 2.24) is 0 Å². The van der Waals surface area contributed by atoms with Crippen LogP contribution in [0.3, 0.4) is 0 Å². The first-order valence-electron chi connectivity index (χ1n) is 10.9. The number of hydrogen-bond donors (Lipinski definition) is 1. The van der Waals surface area contributed by atoms with Crippen LogP contribution >= 0.6 is 0 Å². The molecule has 168 valence electrons. The van der Waals surface area contributed by atoms with Gasteiger partial charge in [0.2, 0.25) is 0 Å². The Morgan fingerprint density at radius 3 is 1.90 bits per heavy atom. The molecule has 2 rings (SSSR count). The average Bonchev–Trinajstić information content (AvgIpc) is 2.76. The minimum absolute atomic E-state index is 0.00936. The molecule has 0 amide bonds. The van der Waals surface area contributed by atoms with E-state index in [1.807, 2.05) is 12.1 Å². The van der Waals surface area contributed by atoms with E-state index in [0.717, 1.165) is 12.8 Å². The van der Waals surface area contributed by atoms with Crippen LogP contribution in [0.1, 0.15) is 47.0 Å². The molecule has 4 nitrogen and oxygen atoms in total. The molecule has 1 unspecified atom stereocenters. The molecule has 31 heavy (non-hydrogen) atoms. The zero-order valence-electron chi connectivity index (χ0n) is 19.4. The third-order valence-electron chi connectivity index (χ3n) is 5.73. The van der Waals surface area contributed by atoms with Crippen molar-refractivity contribution in [2.45, 2.75) is 64.2 Å². The van der Waals surface area contributed by atoms with E-state index in [1.54, 1.807) is 0 Å². The second-order valence-electron chi connectivity index (χ2n) is 9.06. The van der Waals surface area contributed by atoms with Gasteiger partial charge < -0.3 is 14.3 Å². The molecule has 0 fully saturated rings. The van der Waals surface area contributed by atoms with E-state index < -0.39 is 20.4 Å². The van der Waals surface area contributed by atoms with Crippen LogP contribution in [0.25, 0.3) is 0 Å². The predicted octanol–water partition coefficient (Wildman–Crippen LogP) is 4.21. The monoisotopic (exact) mass is 440 g/mol. The van der Waals surface area contributed by atoms with Crippen molar-refractivity contribution in [3.63, 3.8) is 0 Å². The van der Waals surface area contributed by atoms with Gasteiger partial charge in [0.05, 0.1) is 18.8 Å². The number of carbonyl (C=O) groups excluding carboxylic acids is 1. The standard InChI is InChI=1S/C26H36O4Si/c1-20(14-13-19-24(27)21(2)25(28)29-6)30-31(26(3,4)5,22-15-9-7-10-16-22)23-17-11-8-12-18-23/h7-12,15-18,20,24,27H,2,13-14,19H2,1,3-6H3/t20-,24?/m1/s1. The van der Waals surface area contributed by atoms with E-state index in [9.17, 15) is 9.90 Å². The van der Waals surface area contributed by atoms with Gasteiger partial charge in [-0.15, -0.1) is 0 Å². The first-order chi connectivity index (χ1) is 14.6. The normalized spacial score (nSPS) is 14.0. The summed E-state index contributed by atoms with van der Waals surface area (Å²) in [6, 6.07) is 21.1. The highest BCUT2D eigenvalue weighted by molar-refractivity contribution is 6.99. The maximum atomic E-state index is 11.6. The Kier molecular flexibility index (Phi) is 8.80. The van der Waals surface area contributed by atoms with Gasteiger partial charge in [-0.25, -0.2) is 4.79 Å². The number of benzene rings is 2. The molecule has 0 aliphatic heterocycles. The lowest BCUT2D eigenvalue weighted by atomic mass is 10.0. The molecule has 2 aromatic rings. The fraction of sp³-hybridized carbons (Fsp3) is 0.423. The summed E-state index contributed by atoms with van der Waals surface area (Å²) in [5, 5.41) is 12.6. The van der Waals surface area contributed by atoms with E-state index in [0.29, 0.717) is 6.42 Å². The molecule has 0 saturated heterocycles. The zero-order chi connectivity index (χ0) is 23.1. The maximum Gasteiger partial charge on any atom is 0.335 e. The SMILES string of the molecule is C=C(C(=O)OC)C(O)CCC[C@@H](C)O[Si](c1ccccc1)(c1ccccc1)C(C)(C)C. The molecule has 0 radical (unpaired) electrons. The molecule has 0 aromatic heterocycles. The Bertz CT molecular complexity index is 803. The van der Waals surface area contributed by atoms with Crippen molar-refractivity contribution in [2.75, 3.05) is 7.11 Å². The van der Waals surface area contributed by atoms with Gasteiger partial charge in [-0.05, 0) is 41.6 Å². The van der Waals surface area contributed by atoms with Crippen LogP contribution in [-0.4, -0.2) is 38.7 Å². The van der Waals surface area contributed by atoms with Gasteiger partial charge in [-0.2, -0.15) is 0 Å². The summed E-state index contributed by atoms with van der Waals surface area (Å²) in [5.74, 6) is -0.566. The number of aliphatic hydroxyl groups excluding tert-OH is 1. The van der Waals surface area contributed by atoms with E-state index in [4.69, 9.17) is 4.43 Å². The van der Waals surface area contributed by atoms with E-state index in [1.165, 1.54) is 17.5 Å². The van der Waals surface area contributed by atoms with Crippen molar-refractivity contribution in [2.24, 2.45) is 0 Å². The van der Waals surface area contributed by atoms with E-state index in [-0.39, 0.29) is 16.7 Å². The largest absolute Gasteiger partial charge is 0.466 e. The van der Waals surface area contributed by atoms with E-state index >= 15 is 0 Å². The van der Waals surface area contributed by atoms with Gasteiger partial charge in [0.1, 0.15) is 0 Å². The van der Waals surface area contributed by atoms with Crippen LogP contribution in [0.2, 0.25) is 5.04 Å². The lowest BCUT2D eigenvalue weighted by Crippen LogP contribution is -2.67. The molecule has 2 atom stereocenters. The Balaban J connectivity index is 2.24. The lowest BCUT2D eigenvalue weighted by molar-refractivity contribution is -0.137. The van der Waals surface area contributed by atoms with Gasteiger partial charge >= 0.3 is 5.97 Å². The lowest BCUT2D eigenvalue weighted by Gasteiger charge is -2.44. The molecule has 0 saturated carbocycles. The van der Waals surface area contributed by atoms with E-state index in [2.05, 4.69) is 87.5 Å². The van der Waals surface area contributed by atoms with Crippen LogP contribution in [0, 0.1) is 0 Å². The third-order valence-corrected chi connectivity index (χ3v) is 10.9. The number of esters is 1. The first-order valence-corrected chi connectivity index (χ1v) is 12.8. The van der Waals surface area contributed by atoms with Crippen LogP contribution in [0.5, 0.6) is 0 Å². The summed E-state index contributed by atoms with van der Waals surface area (Å²) >= 11 is 0. The average molecular weight is 441 g/mol. The number of aliphatic hydroxyl groups is 1. The fourth-order valence-electron chi connectivity index (χ4n) is 4.09. The highest BCUT2D eigenvalue weighted by Crippen LogP contribution is 2.38. The smallest absolute Gasteiger partial charge is 0.335 e. The third kappa shape index (κ3) is 5.94. The Morgan fingerprint density at radius 2 is 1.48 bits per heavy atom. The number of rotatable bonds is 10. The Labute approximate surface area is 188 Å². The second-order valence-corrected chi connectivity index (χ2v) is 13.3. The Morgan fingerprint density at radius 1 is 1.00 bits per heavy atom. The molecule has 2 aromatic carbocycles. The highest BCUT2D eigenvalue weighted by Gasteiger charge is 2.50. The van der Waals surface area contributed by atoms with Crippen molar-refractivity contribution >= 4 is 24.7 Å². The number of methoxy groups -OCH3 is 1. The summed E-state index contributed by atoms with van der Waals surface area (Å²) in [7, 11) is -1.30. The van der Waals surface area contributed by atoms with Gasteiger partial charge in [-0.1, -0.05) is 88.0 Å². The van der Waals surface area contributed by atoms with Crippen LogP contribution in [-0.2, 0) is 14.0 Å². The Hall–Kier alpha value is -2.21.